The number of furan rings is 1. The Kier molecular flexibility index (Phi) is 4.64. The number of hydrogen-bond acceptors (Lipinski definition) is 4. The molecule has 2 aromatic carbocycles. The number of para-hydroxylation sites is 1. The monoisotopic (exact) mass is 364 g/mol. The largest absolute Gasteiger partial charge is 0.451 e. The lowest BCUT2D eigenvalue weighted by atomic mass is 10.1. The Labute approximate surface area is 156 Å². The zero-order valence-electron chi connectivity index (χ0n) is 15.0. The number of nitrogens with one attached hydrogen (secondary N) is 1. The van der Waals surface area contributed by atoms with E-state index in [1.807, 2.05) is 36.4 Å². The van der Waals surface area contributed by atoms with E-state index in [0.717, 1.165) is 29.6 Å². The Morgan fingerprint density at radius 1 is 1.19 bits per heavy atom. The van der Waals surface area contributed by atoms with Crippen molar-refractivity contribution in [3.05, 3.63) is 59.9 Å². The van der Waals surface area contributed by atoms with E-state index in [9.17, 15) is 9.59 Å². The first-order valence-electron chi connectivity index (χ1n) is 8.88. The Bertz CT molecular complexity index is 991. The van der Waals surface area contributed by atoms with Crippen LogP contribution < -0.4 is 10.2 Å². The maximum Gasteiger partial charge on any atom is 0.291 e. The molecule has 138 valence electrons. The summed E-state index contributed by atoms with van der Waals surface area (Å²) in [5.74, 6) is 0.0540. The molecule has 1 aliphatic rings. The molecule has 0 radical (unpaired) electrons. The number of fused-ring (bicyclic) bond motifs is 1. The molecule has 0 bridgehead atoms. The molecule has 1 saturated heterocycles. The Hall–Kier alpha value is -3.12. The molecular formula is C21H20N2O4. The van der Waals surface area contributed by atoms with Crippen LogP contribution in [-0.2, 0) is 16.1 Å². The third-order valence-corrected chi connectivity index (χ3v) is 4.70. The molecule has 1 N–H and O–H groups in total. The molecule has 1 aromatic heterocycles. The second-order valence-corrected chi connectivity index (χ2v) is 6.49. The highest BCUT2D eigenvalue weighted by Gasteiger charge is 2.22. The van der Waals surface area contributed by atoms with Gasteiger partial charge in [-0.25, -0.2) is 0 Å². The van der Waals surface area contributed by atoms with Crippen molar-refractivity contribution in [1.82, 2.24) is 0 Å². The van der Waals surface area contributed by atoms with Crippen molar-refractivity contribution in [3.8, 4) is 0 Å². The number of methoxy groups -OCH3 is 1. The molecule has 2 heterocycles. The van der Waals surface area contributed by atoms with E-state index < -0.39 is 0 Å². The SMILES string of the molecule is COCc1c(C(=O)Nc2ccc(N3CCCC3=O)cc2)oc2ccccc12. The molecular weight excluding hydrogens is 344 g/mol. The fraction of sp³-hybridized carbons (Fsp3) is 0.238. The average molecular weight is 364 g/mol. The smallest absolute Gasteiger partial charge is 0.291 e. The van der Waals surface area contributed by atoms with Gasteiger partial charge in [-0.1, -0.05) is 18.2 Å². The van der Waals surface area contributed by atoms with E-state index in [4.69, 9.17) is 9.15 Å². The van der Waals surface area contributed by atoms with E-state index in [-0.39, 0.29) is 24.2 Å². The molecule has 4 rings (SSSR count). The van der Waals surface area contributed by atoms with Gasteiger partial charge in [0, 0.05) is 42.4 Å². The fourth-order valence-electron chi connectivity index (χ4n) is 3.40. The second kappa shape index (κ2) is 7.25. The van der Waals surface area contributed by atoms with Gasteiger partial charge in [0.05, 0.1) is 6.61 Å². The van der Waals surface area contributed by atoms with Crippen LogP contribution in [-0.4, -0.2) is 25.5 Å². The van der Waals surface area contributed by atoms with Gasteiger partial charge in [-0.2, -0.15) is 0 Å². The van der Waals surface area contributed by atoms with Gasteiger partial charge in [-0.3, -0.25) is 9.59 Å². The van der Waals surface area contributed by atoms with Gasteiger partial charge >= 0.3 is 0 Å². The van der Waals surface area contributed by atoms with Gasteiger partial charge in [0.2, 0.25) is 5.91 Å². The van der Waals surface area contributed by atoms with Crippen LogP contribution in [0.15, 0.2) is 52.9 Å². The lowest BCUT2D eigenvalue weighted by Gasteiger charge is -2.16. The van der Waals surface area contributed by atoms with Gasteiger partial charge in [0.15, 0.2) is 5.76 Å². The lowest BCUT2D eigenvalue weighted by molar-refractivity contribution is -0.117. The van der Waals surface area contributed by atoms with Crippen molar-refractivity contribution < 1.29 is 18.7 Å². The van der Waals surface area contributed by atoms with E-state index in [2.05, 4.69) is 5.32 Å². The van der Waals surface area contributed by atoms with Crippen molar-refractivity contribution in [2.45, 2.75) is 19.4 Å². The predicted molar refractivity (Wildman–Crippen MR) is 103 cm³/mol. The minimum atomic E-state index is -0.330. The summed E-state index contributed by atoms with van der Waals surface area (Å²) >= 11 is 0. The number of amides is 2. The zero-order chi connectivity index (χ0) is 18.8. The van der Waals surface area contributed by atoms with E-state index in [1.165, 1.54) is 0 Å². The van der Waals surface area contributed by atoms with Crippen molar-refractivity contribution >= 4 is 34.2 Å². The third kappa shape index (κ3) is 3.31. The summed E-state index contributed by atoms with van der Waals surface area (Å²) in [5.41, 5.74) is 2.86. The number of rotatable bonds is 5. The van der Waals surface area contributed by atoms with Gasteiger partial charge in [0.1, 0.15) is 5.58 Å². The fourth-order valence-corrected chi connectivity index (χ4v) is 3.40. The van der Waals surface area contributed by atoms with E-state index in [0.29, 0.717) is 17.7 Å². The molecule has 0 aliphatic carbocycles. The van der Waals surface area contributed by atoms with Crippen molar-refractivity contribution in [2.75, 3.05) is 23.9 Å². The minimum absolute atomic E-state index is 0.137. The summed E-state index contributed by atoms with van der Waals surface area (Å²) in [6.45, 7) is 1.03. The quantitative estimate of drug-likeness (QED) is 0.744. The van der Waals surface area contributed by atoms with Gasteiger partial charge in [-0.15, -0.1) is 0 Å². The minimum Gasteiger partial charge on any atom is -0.451 e. The Morgan fingerprint density at radius 2 is 1.96 bits per heavy atom. The number of benzene rings is 2. The van der Waals surface area contributed by atoms with Crippen molar-refractivity contribution in [2.24, 2.45) is 0 Å². The average Bonchev–Trinajstić information content (AvgIpc) is 3.27. The molecule has 6 nitrogen and oxygen atoms in total. The molecule has 0 saturated carbocycles. The first kappa shape index (κ1) is 17.3. The maximum absolute atomic E-state index is 12.7. The lowest BCUT2D eigenvalue weighted by Crippen LogP contribution is -2.23. The van der Waals surface area contributed by atoms with Gasteiger partial charge in [-0.05, 0) is 36.8 Å². The molecule has 1 aliphatic heterocycles. The first-order valence-corrected chi connectivity index (χ1v) is 8.88. The number of carbonyl (C=O) groups excluding carboxylic acids is 2. The third-order valence-electron chi connectivity index (χ3n) is 4.70. The van der Waals surface area contributed by atoms with Crippen molar-refractivity contribution in [1.29, 1.82) is 0 Å². The normalized spacial score (nSPS) is 14.1. The predicted octanol–water partition coefficient (Wildman–Crippen LogP) is 3.96. The molecule has 3 aromatic rings. The van der Waals surface area contributed by atoms with Crippen LogP contribution in [0.4, 0.5) is 11.4 Å². The Morgan fingerprint density at radius 3 is 2.67 bits per heavy atom. The van der Waals surface area contributed by atoms with Crippen LogP contribution >= 0.6 is 0 Å². The van der Waals surface area contributed by atoms with Crippen LogP contribution in [0, 0.1) is 0 Å². The van der Waals surface area contributed by atoms with Gasteiger partial charge < -0.3 is 19.4 Å². The molecule has 2 amide bonds. The second-order valence-electron chi connectivity index (χ2n) is 6.49. The molecule has 1 fully saturated rings. The van der Waals surface area contributed by atoms with Crippen LogP contribution in [0.5, 0.6) is 0 Å². The van der Waals surface area contributed by atoms with E-state index >= 15 is 0 Å². The van der Waals surface area contributed by atoms with Crippen LogP contribution in [0.1, 0.15) is 29.0 Å². The maximum atomic E-state index is 12.7. The molecule has 0 unspecified atom stereocenters. The summed E-state index contributed by atoms with van der Waals surface area (Å²) in [6.07, 6.45) is 1.47. The topological polar surface area (TPSA) is 71.8 Å². The standard InChI is InChI=1S/C21H20N2O4/c1-26-13-17-16-5-2-3-6-18(16)27-20(17)21(25)22-14-8-10-15(11-9-14)23-12-4-7-19(23)24/h2-3,5-6,8-11H,4,7,12-13H2,1H3,(H,22,25). The summed E-state index contributed by atoms with van der Waals surface area (Å²) in [5, 5.41) is 3.72. The van der Waals surface area contributed by atoms with Crippen molar-refractivity contribution in [3.63, 3.8) is 0 Å². The molecule has 6 heteroatoms. The highest BCUT2D eigenvalue weighted by Crippen LogP contribution is 2.28. The van der Waals surface area contributed by atoms with E-state index in [1.54, 1.807) is 24.1 Å². The number of ether oxygens (including phenoxy) is 1. The first-order chi connectivity index (χ1) is 13.2. The van der Waals surface area contributed by atoms with Crippen LogP contribution in [0.3, 0.4) is 0 Å². The summed E-state index contributed by atoms with van der Waals surface area (Å²) in [6, 6.07) is 14.8. The highest BCUT2D eigenvalue weighted by atomic mass is 16.5. The highest BCUT2D eigenvalue weighted by molar-refractivity contribution is 6.06. The number of nitrogens with zero attached hydrogens (tertiary/aromatic N) is 1. The number of anilines is 2. The summed E-state index contributed by atoms with van der Waals surface area (Å²) in [7, 11) is 1.59. The Balaban J connectivity index is 1.56. The molecule has 0 spiro atoms. The molecule has 0 atom stereocenters. The number of carbonyl (C=O) groups is 2. The number of hydrogen-bond donors (Lipinski definition) is 1. The van der Waals surface area contributed by atoms with Crippen LogP contribution in [0.25, 0.3) is 11.0 Å². The van der Waals surface area contributed by atoms with Gasteiger partial charge in [0.25, 0.3) is 5.91 Å². The summed E-state index contributed by atoms with van der Waals surface area (Å²) < 4.78 is 11.0. The van der Waals surface area contributed by atoms with Crippen LogP contribution in [0.2, 0.25) is 0 Å². The summed E-state index contributed by atoms with van der Waals surface area (Å²) in [4.78, 5) is 26.4. The zero-order valence-corrected chi connectivity index (χ0v) is 15.0. The molecule has 27 heavy (non-hydrogen) atoms.